The van der Waals surface area contributed by atoms with Crippen molar-refractivity contribution in [2.24, 2.45) is 16.8 Å². The molecular formula is C9H21N3O3S. The summed E-state index contributed by atoms with van der Waals surface area (Å²) >= 11 is 0. The van der Waals surface area contributed by atoms with E-state index in [0.29, 0.717) is 13.0 Å². The minimum atomic E-state index is -3.43. The molecule has 0 bridgehead atoms. The van der Waals surface area contributed by atoms with Crippen LogP contribution in [0.25, 0.3) is 0 Å². The van der Waals surface area contributed by atoms with E-state index in [1.54, 1.807) is 0 Å². The van der Waals surface area contributed by atoms with Crippen molar-refractivity contribution >= 4 is 15.9 Å². The molecule has 0 aliphatic heterocycles. The van der Waals surface area contributed by atoms with Crippen molar-refractivity contribution in [3.05, 3.63) is 0 Å². The summed E-state index contributed by atoms with van der Waals surface area (Å²) < 4.78 is 21.2. The first-order valence-electron chi connectivity index (χ1n) is 5.25. The molecule has 0 fully saturated rings. The zero-order valence-corrected chi connectivity index (χ0v) is 10.6. The highest BCUT2D eigenvalue weighted by Crippen LogP contribution is 2.02. The number of rotatable bonds is 7. The highest BCUT2D eigenvalue weighted by molar-refractivity contribution is 7.89. The van der Waals surface area contributed by atoms with Crippen LogP contribution >= 0.6 is 0 Å². The first-order valence-corrected chi connectivity index (χ1v) is 6.96. The number of nitrogens with one attached hydrogen (secondary N) is 1. The largest absolute Gasteiger partial charge is 0.356 e. The molecule has 6 nitrogen and oxygen atoms in total. The van der Waals surface area contributed by atoms with E-state index < -0.39 is 10.0 Å². The fraction of sp³-hybridized carbons (Fsp3) is 0.889. The zero-order chi connectivity index (χ0) is 12.8. The molecule has 0 aliphatic carbocycles. The number of hydrogen-bond donors (Lipinski definition) is 3. The Balaban J connectivity index is 3.67. The van der Waals surface area contributed by atoms with Crippen LogP contribution in [0, 0.1) is 5.92 Å². The third-order valence-electron chi connectivity index (χ3n) is 2.21. The summed E-state index contributed by atoms with van der Waals surface area (Å²) in [5, 5.41) is 7.41. The molecule has 0 saturated carbocycles. The average molecular weight is 251 g/mol. The Kier molecular flexibility index (Phi) is 6.54. The van der Waals surface area contributed by atoms with E-state index in [-0.39, 0.29) is 30.0 Å². The summed E-state index contributed by atoms with van der Waals surface area (Å²) in [6.45, 7) is 4.19. The van der Waals surface area contributed by atoms with Gasteiger partial charge in [-0.3, -0.25) is 4.79 Å². The third kappa shape index (κ3) is 8.63. The lowest BCUT2D eigenvalue weighted by atomic mass is 10.0. The number of carbonyl (C=O) groups is 1. The van der Waals surface area contributed by atoms with Gasteiger partial charge in [0.15, 0.2) is 0 Å². The average Bonchev–Trinajstić information content (AvgIpc) is 2.10. The Morgan fingerprint density at radius 1 is 1.38 bits per heavy atom. The minimum Gasteiger partial charge on any atom is -0.356 e. The molecule has 0 radical (unpaired) electrons. The van der Waals surface area contributed by atoms with Gasteiger partial charge in [0.1, 0.15) is 0 Å². The quantitative estimate of drug-likeness (QED) is 0.511. The molecule has 0 aromatic carbocycles. The maximum Gasteiger partial charge on any atom is 0.221 e. The maximum atomic E-state index is 11.3. The summed E-state index contributed by atoms with van der Waals surface area (Å²) in [6, 6.07) is -0.168. The van der Waals surface area contributed by atoms with Crippen molar-refractivity contribution in [3.8, 4) is 0 Å². The molecule has 96 valence electrons. The van der Waals surface area contributed by atoms with Gasteiger partial charge in [0.05, 0.1) is 5.75 Å². The lowest BCUT2D eigenvalue weighted by Crippen LogP contribution is -2.35. The van der Waals surface area contributed by atoms with Crippen LogP contribution in [0.15, 0.2) is 0 Å². The van der Waals surface area contributed by atoms with E-state index in [0.717, 1.165) is 0 Å². The summed E-state index contributed by atoms with van der Waals surface area (Å²) in [6.07, 6.45) is 0.578. The van der Waals surface area contributed by atoms with Gasteiger partial charge in [-0.25, -0.2) is 13.6 Å². The molecule has 16 heavy (non-hydrogen) atoms. The molecule has 1 atom stereocenters. The number of primary sulfonamides is 1. The van der Waals surface area contributed by atoms with Gasteiger partial charge < -0.3 is 11.1 Å². The predicted octanol–water partition coefficient (Wildman–Crippen LogP) is -0.845. The lowest BCUT2D eigenvalue weighted by Gasteiger charge is -2.14. The van der Waals surface area contributed by atoms with Gasteiger partial charge in [-0.05, 0) is 12.3 Å². The molecule has 0 aromatic heterocycles. The van der Waals surface area contributed by atoms with Crippen molar-refractivity contribution in [1.82, 2.24) is 5.32 Å². The number of sulfonamides is 1. The second-order valence-electron chi connectivity index (χ2n) is 4.18. The van der Waals surface area contributed by atoms with Crippen LogP contribution in [0.3, 0.4) is 0 Å². The van der Waals surface area contributed by atoms with Gasteiger partial charge in [-0.1, -0.05) is 13.8 Å². The molecule has 0 rings (SSSR count). The SMILES string of the molecule is CC(C)C(N)CC(=O)NCCCS(N)(=O)=O. The van der Waals surface area contributed by atoms with Gasteiger partial charge in [0, 0.05) is 19.0 Å². The Labute approximate surface area is 96.8 Å². The Hall–Kier alpha value is -0.660. The van der Waals surface area contributed by atoms with Crippen molar-refractivity contribution < 1.29 is 13.2 Å². The Bertz CT molecular complexity index is 314. The Morgan fingerprint density at radius 3 is 2.38 bits per heavy atom. The molecule has 1 amide bonds. The molecule has 0 aromatic rings. The van der Waals surface area contributed by atoms with Crippen molar-refractivity contribution in [2.75, 3.05) is 12.3 Å². The van der Waals surface area contributed by atoms with Crippen molar-refractivity contribution in [3.63, 3.8) is 0 Å². The zero-order valence-electron chi connectivity index (χ0n) is 9.77. The van der Waals surface area contributed by atoms with Crippen LogP contribution in [0.1, 0.15) is 26.7 Å². The lowest BCUT2D eigenvalue weighted by molar-refractivity contribution is -0.121. The highest BCUT2D eigenvalue weighted by Gasteiger charge is 2.12. The molecule has 0 heterocycles. The van der Waals surface area contributed by atoms with Crippen LogP contribution in [0.5, 0.6) is 0 Å². The second-order valence-corrected chi connectivity index (χ2v) is 5.92. The van der Waals surface area contributed by atoms with Gasteiger partial charge in [-0.15, -0.1) is 0 Å². The normalized spacial score (nSPS) is 13.8. The number of amides is 1. The molecule has 7 heteroatoms. The maximum absolute atomic E-state index is 11.3. The topological polar surface area (TPSA) is 115 Å². The second kappa shape index (κ2) is 6.82. The minimum absolute atomic E-state index is 0.122. The third-order valence-corrected chi connectivity index (χ3v) is 3.06. The molecule has 0 aliphatic rings. The van der Waals surface area contributed by atoms with Gasteiger partial charge in [0.2, 0.25) is 15.9 Å². The van der Waals surface area contributed by atoms with E-state index in [4.69, 9.17) is 10.9 Å². The summed E-state index contributed by atoms with van der Waals surface area (Å²) in [7, 11) is -3.43. The summed E-state index contributed by atoms with van der Waals surface area (Å²) in [5.74, 6) is -0.0328. The Morgan fingerprint density at radius 2 is 1.94 bits per heavy atom. The number of nitrogens with two attached hydrogens (primary N) is 2. The van der Waals surface area contributed by atoms with Crippen LogP contribution in [0.4, 0.5) is 0 Å². The van der Waals surface area contributed by atoms with Crippen molar-refractivity contribution in [1.29, 1.82) is 0 Å². The van der Waals surface area contributed by atoms with E-state index in [1.807, 2.05) is 13.8 Å². The number of hydrogen-bond acceptors (Lipinski definition) is 4. The summed E-state index contributed by atoms with van der Waals surface area (Å²) in [5.41, 5.74) is 5.71. The monoisotopic (exact) mass is 251 g/mol. The molecule has 5 N–H and O–H groups in total. The molecular weight excluding hydrogens is 230 g/mol. The van der Waals surface area contributed by atoms with Crippen LogP contribution < -0.4 is 16.2 Å². The smallest absolute Gasteiger partial charge is 0.221 e. The fourth-order valence-corrected chi connectivity index (χ4v) is 1.57. The van der Waals surface area contributed by atoms with Crippen molar-refractivity contribution in [2.45, 2.75) is 32.7 Å². The molecule has 0 saturated heterocycles. The predicted molar refractivity (Wildman–Crippen MR) is 63.0 cm³/mol. The van der Waals surface area contributed by atoms with Gasteiger partial charge in [0.25, 0.3) is 0 Å². The standard InChI is InChI=1S/C9H21N3O3S/c1-7(2)8(10)6-9(13)12-4-3-5-16(11,14)15/h7-8H,3-6,10H2,1-2H3,(H,12,13)(H2,11,14,15). The van der Waals surface area contributed by atoms with Gasteiger partial charge >= 0.3 is 0 Å². The summed E-state index contributed by atoms with van der Waals surface area (Å²) in [4.78, 5) is 11.3. The van der Waals surface area contributed by atoms with Gasteiger partial charge in [-0.2, -0.15) is 0 Å². The van der Waals surface area contributed by atoms with E-state index in [1.165, 1.54) is 0 Å². The molecule has 0 spiro atoms. The fourth-order valence-electron chi connectivity index (χ4n) is 1.02. The van der Waals surface area contributed by atoms with Crippen LogP contribution in [-0.2, 0) is 14.8 Å². The molecule has 1 unspecified atom stereocenters. The van der Waals surface area contributed by atoms with Crippen LogP contribution in [0.2, 0.25) is 0 Å². The van der Waals surface area contributed by atoms with E-state index >= 15 is 0 Å². The first kappa shape index (κ1) is 15.3. The highest BCUT2D eigenvalue weighted by atomic mass is 32.2. The van der Waals surface area contributed by atoms with E-state index in [2.05, 4.69) is 5.32 Å². The van der Waals surface area contributed by atoms with Crippen LogP contribution in [-0.4, -0.2) is 32.7 Å². The van der Waals surface area contributed by atoms with E-state index in [9.17, 15) is 13.2 Å². The first-order chi connectivity index (χ1) is 7.22. The number of carbonyl (C=O) groups excluding carboxylic acids is 1.